The van der Waals surface area contributed by atoms with Gasteiger partial charge in [-0.25, -0.2) is 0 Å². The largest absolute Gasteiger partial charge is 0.484 e. The van der Waals surface area contributed by atoms with E-state index in [9.17, 15) is 9.59 Å². The summed E-state index contributed by atoms with van der Waals surface area (Å²) in [5.41, 5.74) is 1.28. The third-order valence-electron chi connectivity index (χ3n) is 4.69. The van der Waals surface area contributed by atoms with Gasteiger partial charge in [0.1, 0.15) is 5.75 Å². The molecule has 1 saturated carbocycles. The SMILES string of the molecule is CCCc1ccc(OCC(=O)N2CCN(C(=O)C3CC3)CC2)cc1. The third kappa shape index (κ3) is 4.28. The van der Waals surface area contributed by atoms with E-state index in [2.05, 4.69) is 6.92 Å². The molecule has 1 aliphatic heterocycles. The lowest BCUT2D eigenvalue weighted by atomic mass is 10.1. The van der Waals surface area contributed by atoms with Crippen LogP contribution in [0.1, 0.15) is 31.7 Å². The van der Waals surface area contributed by atoms with Gasteiger partial charge < -0.3 is 14.5 Å². The molecule has 1 aromatic rings. The average Bonchev–Trinajstić information content (AvgIpc) is 3.46. The Balaban J connectivity index is 1.41. The van der Waals surface area contributed by atoms with Crippen LogP contribution in [-0.2, 0) is 16.0 Å². The highest BCUT2D eigenvalue weighted by Crippen LogP contribution is 2.31. The molecule has 2 amide bonds. The number of amides is 2. The van der Waals surface area contributed by atoms with Crippen LogP contribution >= 0.6 is 0 Å². The molecule has 0 unspecified atom stereocenters. The van der Waals surface area contributed by atoms with Gasteiger partial charge in [0.15, 0.2) is 6.61 Å². The van der Waals surface area contributed by atoms with Crippen LogP contribution < -0.4 is 4.74 Å². The Bertz CT molecular complexity index is 573. The van der Waals surface area contributed by atoms with E-state index < -0.39 is 0 Å². The Morgan fingerprint density at radius 1 is 1.04 bits per heavy atom. The first-order valence-electron chi connectivity index (χ1n) is 8.95. The molecule has 5 nitrogen and oxygen atoms in total. The summed E-state index contributed by atoms with van der Waals surface area (Å²) in [5.74, 6) is 1.24. The molecule has 2 aliphatic rings. The number of nitrogens with zero attached hydrogens (tertiary/aromatic N) is 2. The number of carbonyl (C=O) groups is 2. The first-order chi connectivity index (χ1) is 11.7. The molecule has 3 rings (SSSR count). The summed E-state index contributed by atoms with van der Waals surface area (Å²) in [5, 5.41) is 0. The van der Waals surface area contributed by atoms with E-state index in [4.69, 9.17) is 4.74 Å². The molecular formula is C19H26N2O3. The Morgan fingerprint density at radius 3 is 2.25 bits per heavy atom. The van der Waals surface area contributed by atoms with Gasteiger partial charge in [-0.2, -0.15) is 0 Å². The molecule has 1 saturated heterocycles. The molecule has 0 N–H and O–H groups in total. The molecule has 0 radical (unpaired) electrons. The zero-order valence-corrected chi connectivity index (χ0v) is 14.4. The van der Waals surface area contributed by atoms with Crippen molar-refractivity contribution < 1.29 is 14.3 Å². The minimum Gasteiger partial charge on any atom is -0.484 e. The monoisotopic (exact) mass is 330 g/mol. The van der Waals surface area contributed by atoms with Gasteiger partial charge >= 0.3 is 0 Å². The quantitative estimate of drug-likeness (QED) is 0.802. The maximum atomic E-state index is 12.3. The summed E-state index contributed by atoms with van der Waals surface area (Å²) in [6, 6.07) is 7.94. The maximum Gasteiger partial charge on any atom is 0.260 e. The molecule has 1 aliphatic carbocycles. The molecule has 0 spiro atoms. The second kappa shape index (κ2) is 7.69. The van der Waals surface area contributed by atoms with Crippen molar-refractivity contribution >= 4 is 11.8 Å². The number of piperazine rings is 1. The number of carbonyl (C=O) groups excluding carboxylic acids is 2. The summed E-state index contributed by atoms with van der Waals surface area (Å²) in [6.07, 6.45) is 4.24. The normalized spacial score (nSPS) is 17.7. The number of hydrogen-bond acceptors (Lipinski definition) is 3. The van der Waals surface area contributed by atoms with E-state index in [-0.39, 0.29) is 24.3 Å². The van der Waals surface area contributed by atoms with Gasteiger partial charge in [0, 0.05) is 32.1 Å². The minimum absolute atomic E-state index is 0.00819. The lowest BCUT2D eigenvalue weighted by Crippen LogP contribution is -2.52. The van der Waals surface area contributed by atoms with Crippen molar-refractivity contribution in [2.75, 3.05) is 32.8 Å². The van der Waals surface area contributed by atoms with Gasteiger partial charge in [0.05, 0.1) is 0 Å². The molecular weight excluding hydrogens is 304 g/mol. The van der Waals surface area contributed by atoms with Crippen LogP contribution in [0.2, 0.25) is 0 Å². The van der Waals surface area contributed by atoms with Crippen molar-refractivity contribution in [3.8, 4) is 5.75 Å². The van der Waals surface area contributed by atoms with Gasteiger partial charge in [-0.15, -0.1) is 0 Å². The van der Waals surface area contributed by atoms with Gasteiger partial charge in [0.2, 0.25) is 5.91 Å². The summed E-state index contributed by atoms with van der Waals surface area (Å²) in [6.45, 7) is 4.72. The Morgan fingerprint density at radius 2 is 1.67 bits per heavy atom. The summed E-state index contributed by atoms with van der Waals surface area (Å²) < 4.78 is 5.60. The average molecular weight is 330 g/mol. The van der Waals surface area contributed by atoms with Gasteiger partial charge in [-0.05, 0) is 37.0 Å². The minimum atomic E-state index is -0.00819. The van der Waals surface area contributed by atoms with E-state index in [1.807, 2.05) is 29.2 Å². The fourth-order valence-corrected chi connectivity index (χ4v) is 3.04. The van der Waals surface area contributed by atoms with Crippen LogP contribution in [0.25, 0.3) is 0 Å². The topological polar surface area (TPSA) is 49.9 Å². The van der Waals surface area contributed by atoms with E-state index in [1.54, 1.807) is 4.90 Å². The highest BCUT2D eigenvalue weighted by Gasteiger charge is 2.35. The Labute approximate surface area is 143 Å². The first-order valence-corrected chi connectivity index (χ1v) is 8.95. The molecule has 0 aromatic heterocycles. The molecule has 1 heterocycles. The standard InChI is InChI=1S/C19H26N2O3/c1-2-3-15-4-8-17(9-5-15)24-14-18(22)20-10-12-21(13-11-20)19(23)16-6-7-16/h4-5,8-9,16H,2-3,6-7,10-14H2,1H3. The second-order valence-electron chi connectivity index (χ2n) is 6.66. The van der Waals surface area contributed by atoms with Crippen LogP contribution in [-0.4, -0.2) is 54.4 Å². The summed E-state index contributed by atoms with van der Waals surface area (Å²) in [7, 11) is 0. The predicted octanol–water partition coefficient (Wildman–Crippen LogP) is 2.10. The number of aryl methyl sites for hydroxylation is 1. The molecule has 0 bridgehead atoms. The number of ether oxygens (including phenoxy) is 1. The zero-order valence-electron chi connectivity index (χ0n) is 14.4. The summed E-state index contributed by atoms with van der Waals surface area (Å²) in [4.78, 5) is 28.0. The highest BCUT2D eigenvalue weighted by atomic mass is 16.5. The van der Waals surface area contributed by atoms with E-state index >= 15 is 0 Å². The van der Waals surface area contributed by atoms with Gasteiger partial charge in [0.25, 0.3) is 5.91 Å². The van der Waals surface area contributed by atoms with Crippen LogP contribution in [0.5, 0.6) is 5.75 Å². The van der Waals surface area contributed by atoms with Gasteiger partial charge in [-0.3, -0.25) is 9.59 Å². The zero-order chi connectivity index (χ0) is 16.9. The Kier molecular flexibility index (Phi) is 5.38. The lowest BCUT2D eigenvalue weighted by Gasteiger charge is -2.34. The maximum absolute atomic E-state index is 12.3. The van der Waals surface area contributed by atoms with Crippen molar-refractivity contribution in [3.63, 3.8) is 0 Å². The highest BCUT2D eigenvalue weighted by molar-refractivity contribution is 5.82. The van der Waals surface area contributed by atoms with E-state index in [0.29, 0.717) is 26.2 Å². The van der Waals surface area contributed by atoms with Crippen molar-refractivity contribution in [2.45, 2.75) is 32.6 Å². The van der Waals surface area contributed by atoms with Crippen LogP contribution in [0.4, 0.5) is 0 Å². The van der Waals surface area contributed by atoms with E-state index in [0.717, 1.165) is 31.4 Å². The van der Waals surface area contributed by atoms with Crippen LogP contribution in [0.3, 0.4) is 0 Å². The molecule has 1 aromatic carbocycles. The van der Waals surface area contributed by atoms with Crippen molar-refractivity contribution in [1.29, 1.82) is 0 Å². The van der Waals surface area contributed by atoms with E-state index in [1.165, 1.54) is 5.56 Å². The third-order valence-corrected chi connectivity index (χ3v) is 4.69. The number of rotatable bonds is 6. The number of hydrogen-bond donors (Lipinski definition) is 0. The van der Waals surface area contributed by atoms with Crippen LogP contribution in [0, 0.1) is 5.92 Å². The molecule has 24 heavy (non-hydrogen) atoms. The fraction of sp³-hybridized carbons (Fsp3) is 0.579. The second-order valence-corrected chi connectivity index (χ2v) is 6.66. The molecule has 5 heteroatoms. The molecule has 130 valence electrons. The fourth-order valence-electron chi connectivity index (χ4n) is 3.04. The van der Waals surface area contributed by atoms with Crippen molar-refractivity contribution in [2.24, 2.45) is 5.92 Å². The lowest BCUT2D eigenvalue weighted by molar-refractivity contribution is -0.141. The first kappa shape index (κ1) is 16.8. The Hall–Kier alpha value is -2.04. The molecule has 2 fully saturated rings. The number of benzene rings is 1. The van der Waals surface area contributed by atoms with Gasteiger partial charge in [-0.1, -0.05) is 25.5 Å². The van der Waals surface area contributed by atoms with Crippen molar-refractivity contribution in [3.05, 3.63) is 29.8 Å². The smallest absolute Gasteiger partial charge is 0.260 e. The van der Waals surface area contributed by atoms with Crippen molar-refractivity contribution in [1.82, 2.24) is 9.80 Å². The summed E-state index contributed by atoms with van der Waals surface area (Å²) >= 11 is 0. The molecule has 0 atom stereocenters. The van der Waals surface area contributed by atoms with Crippen LogP contribution in [0.15, 0.2) is 24.3 Å². The predicted molar refractivity (Wildman–Crippen MR) is 91.8 cm³/mol.